The highest BCUT2D eigenvalue weighted by Crippen LogP contribution is 2.12. The summed E-state index contributed by atoms with van der Waals surface area (Å²) < 4.78 is 6.90. The van der Waals surface area contributed by atoms with Gasteiger partial charge in [-0.3, -0.25) is 4.68 Å². The summed E-state index contributed by atoms with van der Waals surface area (Å²) >= 11 is 0. The van der Waals surface area contributed by atoms with E-state index in [0.717, 1.165) is 5.69 Å². The van der Waals surface area contributed by atoms with Crippen molar-refractivity contribution in [3.8, 4) is 11.9 Å². The molecule has 1 N–H and O–H groups in total. The summed E-state index contributed by atoms with van der Waals surface area (Å²) in [5, 5.41) is 15.3. The third-order valence-electron chi connectivity index (χ3n) is 2.16. The van der Waals surface area contributed by atoms with Crippen LogP contribution in [0.2, 0.25) is 0 Å². The Morgan fingerprint density at radius 3 is 2.72 bits per heavy atom. The van der Waals surface area contributed by atoms with Gasteiger partial charge in [0.05, 0.1) is 5.69 Å². The molecule has 0 bridgehead atoms. The number of nitrogens with one attached hydrogen (secondary N) is 1. The molecule has 0 saturated heterocycles. The fourth-order valence-electron chi connectivity index (χ4n) is 1.26. The molecule has 2 heterocycles. The number of rotatable bonds is 5. The number of nitrogens with zero attached hydrogens (tertiary/aromatic N) is 5. The molecule has 0 unspecified atom stereocenters. The van der Waals surface area contributed by atoms with Crippen molar-refractivity contribution >= 4 is 0 Å². The quantitative estimate of drug-likeness (QED) is 0.847. The monoisotopic (exact) mass is 248 g/mol. The lowest BCUT2D eigenvalue weighted by atomic mass is 10.3. The Morgan fingerprint density at radius 1 is 1.33 bits per heavy atom. The molecule has 0 aliphatic rings. The molecule has 7 heteroatoms. The molecule has 0 aliphatic carbocycles. The molecular formula is C11H16N6O. The van der Waals surface area contributed by atoms with Crippen molar-refractivity contribution in [2.45, 2.75) is 26.4 Å². The van der Waals surface area contributed by atoms with Crippen LogP contribution in [-0.2, 0) is 13.6 Å². The van der Waals surface area contributed by atoms with E-state index >= 15 is 0 Å². The minimum Gasteiger partial charge on any atom is -0.402 e. The van der Waals surface area contributed by atoms with Gasteiger partial charge in [-0.05, 0) is 6.07 Å². The molecule has 18 heavy (non-hydrogen) atoms. The zero-order chi connectivity index (χ0) is 13.0. The molecule has 0 fully saturated rings. The van der Waals surface area contributed by atoms with Gasteiger partial charge in [0.1, 0.15) is 6.33 Å². The second-order valence-corrected chi connectivity index (χ2v) is 4.20. The predicted octanol–water partition coefficient (Wildman–Crippen LogP) is 0.895. The lowest BCUT2D eigenvalue weighted by Crippen LogP contribution is -2.22. The Balaban J connectivity index is 1.95. The SMILES string of the molecule is CC(C)NCc1ccc(Oc2ncn(C)n2)nn1. The first-order valence-corrected chi connectivity index (χ1v) is 5.73. The number of ether oxygens (including phenoxy) is 1. The molecule has 0 radical (unpaired) electrons. The Hall–Kier alpha value is -2.02. The molecule has 0 atom stereocenters. The highest BCUT2D eigenvalue weighted by molar-refractivity contribution is 5.14. The maximum Gasteiger partial charge on any atom is 0.342 e. The van der Waals surface area contributed by atoms with Gasteiger partial charge < -0.3 is 10.1 Å². The lowest BCUT2D eigenvalue weighted by Gasteiger charge is -2.06. The molecule has 2 aromatic rings. The largest absolute Gasteiger partial charge is 0.402 e. The molecule has 0 amide bonds. The lowest BCUT2D eigenvalue weighted by molar-refractivity contribution is 0.415. The van der Waals surface area contributed by atoms with Gasteiger partial charge in [0.2, 0.25) is 5.88 Å². The fraction of sp³-hybridized carbons (Fsp3) is 0.455. The minimum atomic E-state index is 0.264. The van der Waals surface area contributed by atoms with Gasteiger partial charge in [0, 0.05) is 25.7 Å². The van der Waals surface area contributed by atoms with Crippen LogP contribution in [0.5, 0.6) is 11.9 Å². The summed E-state index contributed by atoms with van der Waals surface area (Å²) in [6, 6.07) is 4.29. The van der Waals surface area contributed by atoms with Gasteiger partial charge in [-0.2, -0.15) is 10.1 Å². The summed E-state index contributed by atoms with van der Waals surface area (Å²) in [7, 11) is 1.77. The van der Waals surface area contributed by atoms with Gasteiger partial charge >= 0.3 is 6.01 Å². The summed E-state index contributed by atoms with van der Waals surface area (Å²) in [5.74, 6) is 0.384. The first-order chi connectivity index (χ1) is 8.63. The van der Waals surface area contributed by atoms with Crippen LogP contribution >= 0.6 is 0 Å². The zero-order valence-corrected chi connectivity index (χ0v) is 10.7. The second kappa shape index (κ2) is 5.54. The van der Waals surface area contributed by atoms with Gasteiger partial charge in [-0.25, -0.2) is 0 Å². The van der Waals surface area contributed by atoms with E-state index in [2.05, 4.69) is 39.4 Å². The predicted molar refractivity (Wildman–Crippen MR) is 65.1 cm³/mol. The molecule has 7 nitrogen and oxygen atoms in total. The average Bonchev–Trinajstić information content (AvgIpc) is 2.74. The van der Waals surface area contributed by atoms with Crippen LogP contribution in [-0.4, -0.2) is 31.0 Å². The molecule has 2 aromatic heterocycles. The Labute approximate surface area is 105 Å². The van der Waals surface area contributed by atoms with Crippen LogP contribution in [0, 0.1) is 0 Å². The van der Waals surface area contributed by atoms with E-state index in [0.29, 0.717) is 18.5 Å². The van der Waals surface area contributed by atoms with Crippen molar-refractivity contribution in [1.82, 2.24) is 30.3 Å². The molecule has 2 rings (SSSR count). The Bertz CT molecular complexity index is 492. The van der Waals surface area contributed by atoms with Gasteiger partial charge in [0.15, 0.2) is 0 Å². The first kappa shape index (κ1) is 12.4. The Morgan fingerprint density at radius 2 is 2.17 bits per heavy atom. The van der Waals surface area contributed by atoms with E-state index in [4.69, 9.17) is 4.74 Å². The molecule has 0 saturated carbocycles. The second-order valence-electron chi connectivity index (χ2n) is 4.20. The maximum atomic E-state index is 5.34. The molecule has 0 aromatic carbocycles. The third kappa shape index (κ3) is 3.49. The maximum absolute atomic E-state index is 5.34. The van der Waals surface area contributed by atoms with Crippen LogP contribution < -0.4 is 10.1 Å². The number of aromatic nitrogens is 5. The van der Waals surface area contributed by atoms with E-state index < -0.39 is 0 Å². The number of aryl methyl sites for hydroxylation is 1. The van der Waals surface area contributed by atoms with Gasteiger partial charge in [-0.15, -0.1) is 10.2 Å². The van der Waals surface area contributed by atoms with Gasteiger partial charge in [-0.1, -0.05) is 13.8 Å². The smallest absolute Gasteiger partial charge is 0.342 e. The van der Waals surface area contributed by atoms with Crippen molar-refractivity contribution in [2.24, 2.45) is 7.05 Å². The number of hydrogen-bond donors (Lipinski definition) is 1. The van der Waals surface area contributed by atoms with Crippen molar-refractivity contribution in [2.75, 3.05) is 0 Å². The minimum absolute atomic E-state index is 0.264. The van der Waals surface area contributed by atoms with Crippen molar-refractivity contribution in [3.63, 3.8) is 0 Å². The van der Waals surface area contributed by atoms with Crippen molar-refractivity contribution in [3.05, 3.63) is 24.2 Å². The van der Waals surface area contributed by atoms with E-state index in [1.165, 1.54) is 0 Å². The van der Waals surface area contributed by atoms with Crippen molar-refractivity contribution < 1.29 is 4.74 Å². The normalized spacial score (nSPS) is 10.9. The molecule has 0 aliphatic heterocycles. The topological polar surface area (TPSA) is 77.8 Å². The fourth-order valence-corrected chi connectivity index (χ4v) is 1.26. The van der Waals surface area contributed by atoms with E-state index in [9.17, 15) is 0 Å². The first-order valence-electron chi connectivity index (χ1n) is 5.73. The van der Waals surface area contributed by atoms with Crippen LogP contribution in [0.15, 0.2) is 18.5 Å². The summed E-state index contributed by atoms with van der Waals surface area (Å²) in [5.41, 5.74) is 0.866. The zero-order valence-electron chi connectivity index (χ0n) is 10.7. The van der Waals surface area contributed by atoms with Crippen molar-refractivity contribution in [1.29, 1.82) is 0 Å². The summed E-state index contributed by atoms with van der Waals surface area (Å²) in [6.45, 7) is 4.85. The van der Waals surface area contributed by atoms with Crippen LogP contribution in [0.1, 0.15) is 19.5 Å². The molecule has 0 spiro atoms. The standard InChI is InChI=1S/C11H16N6O/c1-8(2)12-6-9-4-5-10(15-14-9)18-11-13-7-17(3)16-11/h4-5,7-8,12H,6H2,1-3H3. The summed E-state index contributed by atoms with van der Waals surface area (Å²) in [4.78, 5) is 3.94. The summed E-state index contributed by atoms with van der Waals surface area (Å²) in [6.07, 6.45) is 1.56. The highest BCUT2D eigenvalue weighted by atomic mass is 16.5. The van der Waals surface area contributed by atoms with Crippen LogP contribution in [0.4, 0.5) is 0 Å². The van der Waals surface area contributed by atoms with Crippen LogP contribution in [0.25, 0.3) is 0 Å². The van der Waals surface area contributed by atoms with E-state index in [-0.39, 0.29) is 6.01 Å². The molecule has 96 valence electrons. The molecular weight excluding hydrogens is 232 g/mol. The number of hydrogen-bond acceptors (Lipinski definition) is 6. The van der Waals surface area contributed by atoms with Gasteiger partial charge in [0.25, 0.3) is 0 Å². The highest BCUT2D eigenvalue weighted by Gasteiger charge is 2.04. The van der Waals surface area contributed by atoms with Crippen LogP contribution in [0.3, 0.4) is 0 Å². The van der Waals surface area contributed by atoms with E-state index in [1.54, 1.807) is 24.1 Å². The Kier molecular flexibility index (Phi) is 3.83. The van der Waals surface area contributed by atoms with E-state index in [1.807, 2.05) is 6.07 Å². The third-order valence-corrected chi connectivity index (χ3v) is 2.16. The average molecular weight is 248 g/mol.